The molecule has 0 amide bonds. The highest BCUT2D eigenvalue weighted by Crippen LogP contribution is 2.22. The first-order valence-electron chi connectivity index (χ1n) is 6.53. The van der Waals surface area contributed by atoms with Crippen LogP contribution in [0.3, 0.4) is 0 Å². The predicted molar refractivity (Wildman–Crippen MR) is 74.2 cm³/mol. The summed E-state index contributed by atoms with van der Waals surface area (Å²) >= 11 is 0. The summed E-state index contributed by atoms with van der Waals surface area (Å²) in [6.07, 6.45) is 5.98. The number of aromatic nitrogens is 1. The van der Waals surface area contributed by atoms with Gasteiger partial charge in [0, 0.05) is 30.5 Å². The van der Waals surface area contributed by atoms with Gasteiger partial charge in [-0.15, -0.1) is 0 Å². The van der Waals surface area contributed by atoms with E-state index < -0.39 is 0 Å². The van der Waals surface area contributed by atoms with Crippen molar-refractivity contribution < 1.29 is 0 Å². The molecule has 1 aliphatic rings. The molecule has 0 radical (unpaired) electrons. The Morgan fingerprint density at radius 2 is 2.11 bits per heavy atom. The molecule has 3 rings (SSSR count). The molecule has 0 saturated heterocycles. The molecule has 0 atom stereocenters. The van der Waals surface area contributed by atoms with Crippen LogP contribution in [0, 0.1) is 11.3 Å². The molecule has 0 aliphatic heterocycles. The molecule has 1 aliphatic carbocycles. The van der Waals surface area contributed by atoms with Gasteiger partial charge in [0.25, 0.3) is 0 Å². The molecule has 2 aromatic rings. The molecule has 1 saturated carbocycles. The molecular weight excluding hydrogens is 234 g/mol. The molecule has 1 aromatic carbocycles. The fourth-order valence-electron chi connectivity index (χ4n) is 2.07. The average Bonchev–Trinajstić information content (AvgIpc) is 3.30. The summed E-state index contributed by atoms with van der Waals surface area (Å²) in [6.45, 7) is 0.907. The zero-order valence-corrected chi connectivity index (χ0v) is 10.6. The van der Waals surface area contributed by atoms with Crippen LogP contribution in [-0.4, -0.2) is 11.0 Å². The second-order valence-electron chi connectivity index (χ2n) is 4.93. The fourth-order valence-corrected chi connectivity index (χ4v) is 2.07. The van der Waals surface area contributed by atoms with Crippen molar-refractivity contribution in [3.63, 3.8) is 0 Å². The van der Waals surface area contributed by atoms with E-state index in [2.05, 4.69) is 40.6 Å². The van der Waals surface area contributed by atoms with Crippen molar-refractivity contribution in [2.75, 3.05) is 0 Å². The van der Waals surface area contributed by atoms with Gasteiger partial charge < -0.3 is 5.32 Å². The van der Waals surface area contributed by atoms with Gasteiger partial charge in [-0.3, -0.25) is 4.98 Å². The fraction of sp³-hybridized carbons (Fsp3) is 0.250. The van der Waals surface area contributed by atoms with E-state index >= 15 is 0 Å². The number of hydrogen-bond donors (Lipinski definition) is 1. The zero-order valence-electron chi connectivity index (χ0n) is 10.6. The van der Waals surface area contributed by atoms with Gasteiger partial charge in [0.15, 0.2) is 0 Å². The lowest BCUT2D eigenvalue weighted by molar-refractivity contribution is 0.688. The monoisotopic (exact) mass is 249 g/mol. The van der Waals surface area contributed by atoms with Crippen LogP contribution in [0.15, 0.2) is 42.7 Å². The van der Waals surface area contributed by atoms with Crippen molar-refractivity contribution >= 4 is 0 Å². The highest BCUT2D eigenvalue weighted by molar-refractivity contribution is 5.64. The van der Waals surface area contributed by atoms with Gasteiger partial charge in [0.05, 0.1) is 5.56 Å². The molecule has 0 bridgehead atoms. The lowest BCUT2D eigenvalue weighted by Crippen LogP contribution is -2.15. The van der Waals surface area contributed by atoms with Crippen molar-refractivity contribution in [2.24, 2.45) is 0 Å². The number of pyridine rings is 1. The third-order valence-electron chi connectivity index (χ3n) is 3.30. The number of nitrogens with one attached hydrogen (secondary N) is 1. The van der Waals surface area contributed by atoms with Crippen LogP contribution in [0.2, 0.25) is 0 Å². The van der Waals surface area contributed by atoms with Gasteiger partial charge in [-0.2, -0.15) is 5.26 Å². The van der Waals surface area contributed by atoms with E-state index in [1.54, 1.807) is 12.4 Å². The third-order valence-corrected chi connectivity index (χ3v) is 3.30. The Kier molecular flexibility index (Phi) is 3.26. The summed E-state index contributed by atoms with van der Waals surface area (Å²) < 4.78 is 0. The minimum Gasteiger partial charge on any atom is -0.310 e. The van der Waals surface area contributed by atoms with Crippen LogP contribution >= 0.6 is 0 Å². The lowest BCUT2D eigenvalue weighted by atomic mass is 10.0. The van der Waals surface area contributed by atoms with E-state index in [9.17, 15) is 0 Å². The van der Waals surface area contributed by atoms with Crippen LogP contribution < -0.4 is 5.32 Å². The quantitative estimate of drug-likeness (QED) is 0.906. The van der Waals surface area contributed by atoms with Crippen molar-refractivity contribution in [3.8, 4) is 17.2 Å². The summed E-state index contributed by atoms with van der Waals surface area (Å²) in [5.74, 6) is 0. The number of benzene rings is 1. The molecule has 0 unspecified atom stereocenters. The molecule has 94 valence electrons. The summed E-state index contributed by atoms with van der Waals surface area (Å²) in [5, 5.41) is 12.4. The van der Waals surface area contributed by atoms with E-state index in [0.29, 0.717) is 11.6 Å². The summed E-state index contributed by atoms with van der Waals surface area (Å²) in [4.78, 5) is 4.11. The van der Waals surface area contributed by atoms with Crippen molar-refractivity contribution in [2.45, 2.75) is 25.4 Å². The number of rotatable bonds is 4. The lowest BCUT2D eigenvalue weighted by Gasteiger charge is -2.06. The largest absolute Gasteiger partial charge is 0.310 e. The summed E-state index contributed by atoms with van der Waals surface area (Å²) in [7, 11) is 0. The number of nitrogens with zero attached hydrogens (tertiary/aromatic N) is 2. The maximum atomic E-state index is 8.92. The van der Waals surface area contributed by atoms with Gasteiger partial charge in [0.2, 0.25) is 0 Å². The molecule has 1 N–H and O–H groups in total. The Morgan fingerprint density at radius 3 is 2.89 bits per heavy atom. The standard InChI is InChI=1S/C16H15N3/c17-8-13-7-15(11-18-9-13)14-3-1-2-12(6-14)10-19-16-4-5-16/h1-3,6-7,9,11,16,19H,4-5,10H2. The minimum absolute atomic E-state index is 0.596. The summed E-state index contributed by atoms with van der Waals surface area (Å²) in [6, 6.07) is 13.1. The maximum absolute atomic E-state index is 8.92. The van der Waals surface area contributed by atoms with Crippen molar-refractivity contribution in [1.29, 1.82) is 5.26 Å². The Hall–Kier alpha value is -2.18. The van der Waals surface area contributed by atoms with Gasteiger partial charge in [-0.1, -0.05) is 18.2 Å². The molecule has 1 heterocycles. The van der Waals surface area contributed by atoms with Gasteiger partial charge in [0.1, 0.15) is 6.07 Å². The van der Waals surface area contributed by atoms with E-state index in [-0.39, 0.29) is 0 Å². The van der Waals surface area contributed by atoms with Crippen LogP contribution in [0.25, 0.3) is 11.1 Å². The molecule has 19 heavy (non-hydrogen) atoms. The van der Waals surface area contributed by atoms with Crippen molar-refractivity contribution in [3.05, 3.63) is 53.9 Å². The topological polar surface area (TPSA) is 48.7 Å². The first-order chi connectivity index (χ1) is 9.35. The average molecular weight is 249 g/mol. The Bertz CT molecular complexity index is 624. The smallest absolute Gasteiger partial charge is 0.101 e. The zero-order chi connectivity index (χ0) is 13.1. The second kappa shape index (κ2) is 5.21. The molecule has 0 spiro atoms. The van der Waals surface area contributed by atoms with Crippen LogP contribution in [0.5, 0.6) is 0 Å². The van der Waals surface area contributed by atoms with Gasteiger partial charge in [-0.05, 0) is 36.1 Å². The van der Waals surface area contributed by atoms with E-state index in [1.165, 1.54) is 18.4 Å². The van der Waals surface area contributed by atoms with E-state index in [4.69, 9.17) is 5.26 Å². The predicted octanol–water partition coefficient (Wildman–Crippen LogP) is 2.87. The number of nitriles is 1. The maximum Gasteiger partial charge on any atom is 0.101 e. The molecular formula is C16H15N3. The third kappa shape index (κ3) is 2.98. The van der Waals surface area contributed by atoms with Crippen LogP contribution in [0.4, 0.5) is 0 Å². The highest BCUT2D eigenvalue weighted by atomic mass is 14.9. The minimum atomic E-state index is 0.596. The highest BCUT2D eigenvalue weighted by Gasteiger charge is 2.19. The normalized spacial score (nSPS) is 14.1. The van der Waals surface area contributed by atoms with Gasteiger partial charge >= 0.3 is 0 Å². The van der Waals surface area contributed by atoms with E-state index in [0.717, 1.165) is 17.7 Å². The first kappa shape index (κ1) is 11.9. The van der Waals surface area contributed by atoms with Crippen molar-refractivity contribution in [1.82, 2.24) is 10.3 Å². The van der Waals surface area contributed by atoms with Crippen LogP contribution in [0.1, 0.15) is 24.0 Å². The number of hydrogen-bond acceptors (Lipinski definition) is 3. The molecule has 3 nitrogen and oxygen atoms in total. The SMILES string of the molecule is N#Cc1cncc(-c2cccc(CNC3CC3)c2)c1. The Morgan fingerprint density at radius 1 is 1.21 bits per heavy atom. The second-order valence-corrected chi connectivity index (χ2v) is 4.93. The van der Waals surface area contributed by atoms with E-state index in [1.807, 2.05) is 6.07 Å². The Labute approximate surface area is 112 Å². The summed E-state index contributed by atoms with van der Waals surface area (Å²) in [5.41, 5.74) is 3.97. The van der Waals surface area contributed by atoms with Crippen LogP contribution in [-0.2, 0) is 6.54 Å². The van der Waals surface area contributed by atoms with Gasteiger partial charge in [-0.25, -0.2) is 0 Å². The Balaban J connectivity index is 1.82. The molecule has 1 aromatic heterocycles. The molecule has 3 heteroatoms. The first-order valence-corrected chi connectivity index (χ1v) is 6.53. The molecule has 1 fully saturated rings.